The quantitative estimate of drug-likeness (QED) is 0.795. The van der Waals surface area contributed by atoms with Gasteiger partial charge in [0.15, 0.2) is 0 Å². The molecule has 1 aromatic heterocycles. The smallest absolute Gasteiger partial charge is 0.253 e. The van der Waals surface area contributed by atoms with Gasteiger partial charge in [0.25, 0.3) is 5.91 Å². The maximum atomic E-state index is 12.0. The van der Waals surface area contributed by atoms with Crippen molar-refractivity contribution in [3.8, 4) is 0 Å². The van der Waals surface area contributed by atoms with Crippen molar-refractivity contribution in [2.75, 3.05) is 13.1 Å². The normalized spacial score (nSPS) is 19.5. The van der Waals surface area contributed by atoms with Crippen molar-refractivity contribution in [1.82, 2.24) is 10.6 Å². The standard InChI is InChI=1S/C10H12Br2N2OS.ClH/c11-8-4-7(9(12)16-8)10(15)14-6-2-1-3-13-5-6;/h4,6,13H,1-3,5H2,(H,14,15);1H/t6-;/m1./s1. The van der Waals surface area contributed by atoms with Crippen molar-refractivity contribution >= 4 is 61.5 Å². The number of amides is 1. The lowest BCUT2D eigenvalue weighted by Crippen LogP contribution is -2.45. The number of halogens is 3. The average Bonchev–Trinajstić information content (AvgIpc) is 2.59. The minimum Gasteiger partial charge on any atom is -0.348 e. The zero-order valence-corrected chi connectivity index (χ0v) is 13.8. The van der Waals surface area contributed by atoms with Crippen LogP contribution >= 0.6 is 55.6 Å². The Balaban J connectivity index is 0.00000144. The minimum absolute atomic E-state index is 0. The van der Waals surface area contributed by atoms with Crippen LogP contribution in [0.25, 0.3) is 0 Å². The highest BCUT2D eigenvalue weighted by Gasteiger charge is 2.19. The maximum Gasteiger partial charge on any atom is 0.253 e. The molecule has 0 aliphatic carbocycles. The number of carbonyl (C=O) groups excluding carboxylic acids is 1. The van der Waals surface area contributed by atoms with Crippen LogP contribution in [0.3, 0.4) is 0 Å². The topological polar surface area (TPSA) is 41.1 Å². The lowest BCUT2D eigenvalue weighted by atomic mass is 10.1. The fourth-order valence-electron chi connectivity index (χ4n) is 1.73. The molecule has 1 aliphatic heterocycles. The fraction of sp³-hybridized carbons (Fsp3) is 0.500. The summed E-state index contributed by atoms with van der Waals surface area (Å²) >= 11 is 8.28. The van der Waals surface area contributed by atoms with Gasteiger partial charge in [0, 0.05) is 12.6 Å². The van der Waals surface area contributed by atoms with Crippen LogP contribution in [0, 0.1) is 0 Å². The Hall–Kier alpha value is 0.380. The summed E-state index contributed by atoms with van der Waals surface area (Å²) in [4.78, 5) is 12.0. The molecule has 1 aromatic rings. The van der Waals surface area contributed by atoms with Crippen LogP contribution in [0.15, 0.2) is 13.6 Å². The first-order valence-electron chi connectivity index (χ1n) is 5.13. The summed E-state index contributed by atoms with van der Waals surface area (Å²) in [7, 11) is 0. The summed E-state index contributed by atoms with van der Waals surface area (Å²) in [6.45, 7) is 1.93. The van der Waals surface area contributed by atoms with Gasteiger partial charge in [0.1, 0.15) is 0 Å². The van der Waals surface area contributed by atoms with Crippen molar-refractivity contribution < 1.29 is 4.79 Å². The van der Waals surface area contributed by atoms with Crippen LogP contribution in [0.2, 0.25) is 0 Å². The van der Waals surface area contributed by atoms with Crippen molar-refractivity contribution in [3.05, 3.63) is 19.2 Å². The summed E-state index contributed by atoms with van der Waals surface area (Å²) in [5.41, 5.74) is 0.711. The van der Waals surface area contributed by atoms with Crippen molar-refractivity contribution in [1.29, 1.82) is 0 Å². The molecule has 2 rings (SSSR count). The summed E-state index contributed by atoms with van der Waals surface area (Å²) in [5.74, 6) is 0.00234. The Morgan fingerprint density at radius 3 is 2.82 bits per heavy atom. The predicted octanol–water partition coefficient (Wildman–Crippen LogP) is 3.18. The summed E-state index contributed by atoms with van der Waals surface area (Å²) in [6.07, 6.45) is 2.18. The van der Waals surface area contributed by atoms with E-state index < -0.39 is 0 Å². The highest BCUT2D eigenvalue weighted by molar-refractivity contribution is 9.12. The van der Waals surface area contributed by atoms with E-state index in [0.29, 0.717) is 5.56 Å². The predicted molar refractivity (Wildman–Crippen MR) is 80.3 cm³/mol. The highest BCUT2D eigenvalue weighted by atomic mass is 79.9. The number of piperidine rings is 1. The molecule has 0 radical (unpaired) electrons. The lowest BCUT2D eigenvalue weighted by Gasteiger charge is -2.23. The Morgan fingerprint density at radius 1 is 1.53 bits per heavy atom. The summed E-state index contributed by atoms with van der Waals surface area (Å²) in [5, 5.41) is 6.32. The summed E-state index contributed by atoms with van der Waals surface area (Å²) < 4.78 is 1.84. The third-order valence-electron chi connectivity index (χ3n) is 2.53. The van der Waals surface area contributed by atoms with Gasteiger partial charge in [-0.2, -0.15) is 0 Å². The van der Waals surface area contributed by atoms with Gasteiger partial charge in [0.2, 0.25) is 0 Å². The van der Waals surface area contributed by atoms with E-state index in [1.807, 2.05) is 6.07 Å². The second-order valence-corrected chi connectivity index (χ2v) is 7.50. The van der Waals surface area contributed by atoms with Gasteiger partial charge in [0.05, 0.1) is 13.1 Å². The molecule has 1 saturated heterocycles. The largest absolute Gasteiger partial charge is 0.348 e. The molecule has 0 bridgehead atoms. The molecule has 0 spiro atoms. The van der Waals surface area contributed by atoms with E-state index in [1.54, 1.807) is 0 Å². The number of hydrogen-bond donors (Lipinski definition) is 2. The molecule has 3 nitrogen and oxygen atoms in total. The molecule has 0 aromatic carbocycles. The van der Waals surface area contributed by atoms with Crippen LogP contribution in [-0.4, -0.2) is 25.0 Å². The zero-order valence-electron chi connectivity index (χ0n) is 8.96. The number of hydrogen-bond acceptors (Lipinski definition) is 3. The zero-order chi connectivity index (χ0) is 11.5. The van der Waals surface area contributed by atoms with Crippen LogP contribution in [-0.2, 0) is 0 Å². The number of rotatable bonds is 2. The van der Waals surface area contributed by atoms with Crippen molar-refractivity contribution in [2.45, 2.75) is 18.9 Å². The molecule has 96 valence electrons. The molecule has 1 amide bonds. The highest BCUT2D eigenvalue weighted by Crippen LogP contribution is 2.31. The van der Waals surface area contributed by atoms with Crippen LogP contribution in [0.1, 0.15) is 23.2 Å². The number of thiophene rings is 1. The van der Waals surface area contributed by atoms with Crippen LogP contribution in [0.4, 0.5) is 0 Å². The Morgan fingerprint density at radius 2 is 2.29 bits per heavy atom. The van der Waals surface area contributed by atoms with Gasteiger partial charge in [-0.1, -0.05) is 0 Å². The SMILES string of the molecule is Cl.O=C(N[C@@H]1CCCNC1)c1cc(Br)sc1Br. The average molecular weight is 405 g/mol. The second-order valence-electron chi connectivity index (χ2n) is 3.75. The molecule has 2 N–H and O–H groups in total. The molecular formula is C10H13Br2ClN2OS. The monoisotopic (exact) mass is 402 g/mol. The maximum absolute atomic E-state index is 12.0. The molecule has 2 heterocycles. The molecular weight excluding hydrogens is 391 g/mol. The van der Waals surface area contributed by atoms with Gasteiger partial charge < -0.3 is 10.6 Å². The Bertz CT molecular complexity index is 394. The van der Waals surface area contributed by atoms with Gasteiger partial charge in [-0.3, -0.25) is 4.79 Å². The lowest BCUT2D eigenvalue weighted by molar-refractivity contribution is 0.0930. The second kappa shape index (κ2) is 7.09. The van der Waals surface area contributed by atoms with E-state index in [0.717, 1.165) is 33.5 Å². The molecule has 17 heavy (non-hydrogen) atoms. The van der Waals surface area contributed by atoms with Gasteiger partial charge in [-0.15, -0.1) is 23.7 Å². The van der Waals surface area contributed by atoms with E-state index in [-0.39, 0.29) is 24.4 Å². The first kappa shape index (κ1) is 15.4. The van der Waals surface area contributed by atoms with E-state index in [9.17, 15) is 4.79 Å². The molecule has 1 fully saturated rings. The van der Waals surface area contributed by atoms with E-state index in [2.05, 4.69) is 42.5 Å². The molecule has 1 aliphatic rings. The Labute approximate surface area is 127 Å². The molecule has 0 unspecified atom stereocenters. The van der Waals surface area contributed by atoms with Gasteiger partial charge in [-0.25, -0.2) is 0 Å². The fourth-order valence-corrected chi connectivity index (χ4v) is 4.53. The van der Waals surface area contributed by atoms with E-state index >= 15 is 0 Å². The molecule has 1 atom stereocenters. The number of nitrogens with one attached hydrogen (secondary N) is 2. The van der Waals surface area contributed by atoms with Crippen LogP contribution in [0.5, 0.6) is 0 Å². The van der Waals surface area contributed by atoms with Gasteiger partial charge in [-0.05, 0) is 57.3 Å². The van der Waals surface area contributed by atoms with Crippen molar-refractivity contribution in [3.63, 3.8) is 0 Å². The molecule has 0 saturated carbocycles. The third kappa shape index (κ3) is 4.21. The molecule has 7 heteroatoms. The van der Waals surface area contributed by atoms with Gasteiger partial charge >= 0.3 is 0 Å². The van der Waals surface area contributed by atoms with Crippen molar-refractivity contribution in [2.24, 2.45) is 0 Å². The van der Waals surface area contributed by atoms with Crippen LogP contribution < -0.4 is 10.6 Å². The first-order valence-corrected chi connectivity index (χ1v) is 7.53. The van der Waals surface area contributed by atoms with E-state index in [1.165, 1.54) is 11.3 Å². The minimum atomic E-state index is 0. The first-order chi connectivity index (χ1) is 7.66. The summed E-state index contributed by atoms with van der Waals surface area (Å²) in [6, 6.07) is 2.10. The van der Waals surface area contributed by atoms with E-state index in [4.69, 9.17) is 0 Å². The third-order valence-corrected chi connectivity index (χ3v) is 4.87. The number of carbonyl (C=O) groups is 1. The Kier molecular flexibility index (Phi) is 6.44.